The molecule has 2 amide bonds. The first kappa shape index (κ1) is 22.1. The molecule has 1 aliphatic heterocycles. The van der Waals surface area contributed by atoms with E-state index in [1.165, 1.54) is 16.2 Å². The Kier molecular flexibility index (Phi) is 5.80. The molecule has 0 atom stereocenters. The second-order valence-corrected chi connectivity index (χ2v) is 9.70. The number of carbonyl (C=O) groups is 2. The van der Waals surface area contributed by atoms with Crippen molar-refractivity contribution < 1.29 is 9.59 Å². The topological polar surface area (TPSA) is 105 Å². The average Bonchev–Trinajstić information content (AvgIpc) is 3.36. The van der Waals surface area contributed by atoms with E-state index in [4.69, 9.17) is 5.73 Å². The Balaban J connectivity index is 1.25. The zero-order valence-electron chi connectivity index (χ0n) is 19.1. The Bertz CT molecular complexity index is 1410. The first-order valence-electron chi connectivity index (χ1n) is 11.1. The van der Waals surface area contributed by atoms with Crippen LogP contribution in [-0.4, -0.2) is 39.9 Å². The van der Waals surface area contributed by atoms with Crippen molar-refractivity contribution in [1.29, 1.82) is 0 Å². The lowest BCUT2D eigenvalue weighted by atomic mass is 10.1. The number of nitrogens with two attached hydrogens (primary N) is 1. The number of rotatable bonds is 5. The molecular weight excluding hydrogens is 448 g/mol. The first-order valence-corrected chi connectivity index (χ1v) is 11.9. The number of hydrogen-bond donors (Lipinski definition) is 3. The SMILES string of the molecule is CN1CCc2nc(NC(=O)c3cccc(CNC(=O)c4cc5cc(N)ccc5n4C)c3)sc2C1. The van der Waals surface area contributed by atoms with Gasteiger partial charge < -0.3 is 20.5 Å². The fourth-order valence-corrected chi connectivity index (χ4v) is 5.31. The molecule has 3 heterocycles. The predicted octanol–water partition coefficient (Wildman–Crippen LogP) is 3.39. The van der Waals surface area contributed by atoms with Gasteiger partial charge in [0, 0.05) is 60.1 Å². The standard InChI is InChI=1S/C25H26N6O2S/c1-30-9-8-19-22(14-30)34-25(28-19)29-23(32)16-5-3-4-15(10-16)13-27-24(33)21-12-17-11-18(26)6-7-20(17)31(21)2/h3-7,10-12H,8-9,13-14,26H2,1-2H3,(H,27,33)(H,28,29,32). The molecular formula is C25H26N6O2S. The van der Waals surface area contributed by atoms with E-state index in [9.17, 15) is 9.59 Å². The lowest BCUT2D eigenvalue weighted by Gasteiger charge is -2.20. The van der Waals surface area contributed by atoms with Gasteiger partial charge in [0.1, 0.15) is 5.69 Å². The van der Waals surface area contributed by atoms with Gasteiger partial charge in [-0.15, -0.1) is 11.3 Å². The fourth-order valence-electron chi connectivity index (χ4n) is 4.23. The van der Waals surface area contributed by atoms with Crippen LogP contribution < -0.4 is 16.4 Å². The zero-order chi connectivity index (χ0) is 23.8. The number of hydrogen-bond acceptors (Lipinski definition) is 6. The summed E-state index contributed by atoms with van der Waals surface area (Å²) in [5, 5.41) is 7.41. The molecule has 0 fully saturated rings. The number of thiazole rings is 1. The van der Waals surface area contributed by atoms with Crippen molar-refractivity contribution in [3.63, 3.8) is 0 Å². The van der Waals surface area contributed by atoms with Gasteiger partial charge in [-0.1, -0.05) is 12.1 Å². The van der Waals surface area contributed by atoms with Gasteiger partial charge in [0.15, 0.2) is 5.13 Å². The summed E-state index contributed by atoms with van der Waals surface area (Å²) < 4.78 is 1.85. The molecule has 4 N–H and O–H groups in total. The van der Waals surface area contributed by atoms with Gasteiger partial charge in [0.2, 0.25) is 0 Å². The molecule has 2 aromatic carbocycles. The smallest absolute Gasteiger partial charge is 0.268 e. The summed E-state index contributed by atoms with van der Waals surface area (Å²) in [4.78, 5) is 33.7. The highest BCUT2D eigenvalue weighted by atomic mass is 32.1. The van der Waals surface area contributed by atoms with Gasteiger partial charge in [-0.3, -0.25) is 14.9 Å². The summed E-state index contributed by atoms with van der Waals surface area (Å²) in [6.45, 7) is 2.15. The van der Waals surface area contributed by atoms with Gasteiger partial charge in [-0.05, 0) is 49.0 Å². The molecule has 174 valence electrons. The highest BCUT2D eigenvalue weighted by Gasteiger charge is 2.20. The van der Waals surface area contributed by atoms with E-state index in [1.54, 1.807) is 12.1 Å². The molecule has 0 aliphatic carbocycles. The van der Waals surface area contributed by atoms with Crippen LogP contribution in [0.3, 0.4) is 0 Å². The Hall–Kier alpha value is -3.69. The third kappa shape index (κ3) is 4.40. The third-order valence-electron chi connectivity index (χ3n) is 6.08. The lowest BCUT2D eigenvalue weighted by Crippen LogP contribution is -2.25. The summed E-state index contributed by atoms with van der Waals surface area (Å²) in [5.41, 5.74) is 10.4. The molecule has 0 saturated heterocycles. The van der Waals surface area contributed by atoms with E-state index in [-0.39, 0.29) is 11.8 Å². The van der Waals surface area contributed by atoms with Gasteiger partial charge in [0.25, 0.3) is 11.8 Å². The van der Waals surface area contributed by atoms with Crippen molar-refractivity contribution in [2.45, 2.75) is 19.5 Å². The van der Waals surface area contributed by atoms with Crippen molar-refractivity contribution >= 4 is 44.9 Å². The number of likely N-dealkylation sites (N-methyl/N-ethyl adjacent to an activating group) is 1. The summed E-state index contributed by atoms with van der Waals surface area (Å²) in [7, 11) is 3.94. The van der Waals surface area contributed by atoms with Crippen LogP contribution >= 0.6 is 11.3 Å². The summed E-state index contributed by atoms with van der Waals surface area (Å²) in [6.07, 6.45) is 0.900. The molecule has 0 radical (unpaired) electrons. The number of nitrogen functional groups attached to an aromatic ring is 1. The van der Waals surface area contributed by atoms with E-state index in [0.717, 1.165) is 41.7 Å². The van der Waals surface area contributed by atoms with E-state index >= 15 is 0 Å². The number of nitrogens with zero attached hydrogens (tertiary/aromatic N) is 3. The number of carbonyl (C=O) groups excluding carboxylic acids is 2. The number of aryl methyl sites for hydroxylation is 1. The second-order valence-electron chi connectivity index (χ2n) is 8.62. The highest BCUT2D eigenvalue weighted by molar-refractivity contribution is 7.15. The van der Waals surface area contributed by atoms with E-state index < -0.39 is 0 Å². The van der Waals surface area contributed by atoms with Crippen LogP contribution in [0.25, 0.3) is 10.9 Å². The number of benzene rings is 2. The molecule has 0 saturated carbocycles. The quantitative estimate of drug-likeness (QED) is 0.385. The maximum atomic E-state index is 12.8. The van der Waals surface area contributed by atoms with Crippen molar-refractivity contribution in [3.05, 3.63) is 75.9 Å². The Labute approximate surface area is 201 Å². The summed E-state index contributed by atoms with van der Waals surface area (Å²) in [5.74, 6) is -0.399. The second kappa shape index (κ2) is 8.92. The van der Waals surface area contributed by atoms with Crippen LogP contribution in [0.2, 0.25) is 0 Å². The van der Waals surface area contributed by atoms with E-state index in [2.05, 4.69) is 27.6 Å². The molecule has 1 aliphatic rings. The molecule has 8 nitrogen and oxygen atoms in total. The van der Waals surface area contributed by atoms with Gasteiger partial charge in [0.05, 0.1) is 5.69 Å². The van der Waals surface area contributed by atoms with Crippen LogP contribution in [0.5, 0.6) is 0 Å². The summed E-state index contributed by atoms with van der Waals surface area (Å²) >= 11 is 1.53. The molecule has 9 heteroatoms. The van der Waals surface area contributed by atoms with Gasteiger partial charge >= 0.3 is 0 Å². The number of nitrogens with one attached hydrogen (secondary N) is 2. The predicted molar refractivity (Wildman–Crippen MR) is 135 cm³/mol. The third-order valence-corrected chi connectivity index (χ3v) is 7.08. The molecule has 0 bridgehead atoms. The number of aromatic nitrogens is 2. The van der Waals surface area contributed by atoms with Crippen molar-refractivity contribution in [2.75, 3.05) is 24.6 Å². The van der Waals surface area contributed by atoms with Crippen molar-refractivity contribution in [3.8, 4) is 0 Å². The Morgan fingerprint density at radius 3 is 2.82 bits per heavy atom. The minimum absolute atomic E-state index is 0.189. The van der Waals surface area contributed by atoms with Crippen LogP contribution in [0.15, 0.2) is 48.5 Å². The monoisotopic (exact) mass is 474 g/mol. The number of anilines is 2. The van der Waals surface area contributed by atoms with Gasteiger partial charge in [-0.2, -0.15) is 0 Å². The first-order chi connectivity index (χ1) is 16.4. The minimum atomic E-state index is -0.209. The van der Waals surface area contributed by atoms with Crippen LogP contribution in [0.1, 0.15) is 37.0 Å². The van der Waals surface area contributed by atoms with Crippen molar-refractivity contribution in [1.82, 2.24) is 19.8 Å². The van der Waals surface area contributed by atoms with E-state index in [0.29, 0.717) is 28.6 Å². The molecule has 34 heavy (non-hydrogen) atoms. The largest absolute Gasteiger partial charge is 0.399 e. The maximum Gasteiger partial charge on any atom is 0.268 e. The minimum Gasteiger partial charge on any atom is -0.399 e. The molecule has 2 aromatic heterocycles. The van der Waals surface area contributed by atoms with Crippen LogP contribution in [0, 0.1) is 0 Å². The number of amides is 2. The Morgan fingerprint density at radius 1 is 1.12 bits per heavy atom. The van der Waals surface area contributed by atoms with Crippen LogP contribution in [-0.2, 0) is 26.6 Å². The zero-order valence-corrected chi connectivity index (χ0v) is 19.9. The van der Waals surface area contributed by atoms with E-state index in [1.807, 2.05) is 48.0 Å². The average molecular weight is 475 g/mol. The fraction of sp³-hybridized carbons (Fsp3) is 0.240. The van der Waals surface area contributed by atoms with Gasteiger partial charge in [-0.25, -0.2) is 4.98 Å². The van der Waals surface area contributed by atoms with Crippen molar-refractivity contribution in [2.24, 2.45) is 7.05 Å². The normalized spacial score (nSPS) is 13.6. The summed E-state index contributed by atoms with van der Waals surface area (Å²) in [6, 6.07) is 14.7. The lowest BCUT2D eigenvalue weighted by molar-refractivity contribution is 0.0942. The highest BCUT2D eigenvalue weighted by Crippen LogP contribution is 2.28. The maximum absolute atomic E-state index is 12.8. The molecule has 0 unspecified atom stereocenters. The van der Waals surface area contributed by atoms with Crippen LogP contribution in [0.4, 0.5) is 10.8 Å². The molecule has 4 aromatic rings. The molecule has 5 rings (SSSR count). The Morgan fingerprint density at radius 2 is 1.97 bits per heavy atom. The number of fused-ring (bicyclic) bond motifs is 2. The molecule has 0 spiro atoms.